The van der Waals surface area contributed by atoms with Gasteiger partial charge in [0, 0.05) is 25.5 Å². The Kier molecular flexibility index (Phi) is 4.87. The van der Waals surface area contributed by atoms with Crippen LogP contribution in [0.25, 0.3) is 6.08 Å². The molecule has 1 aromatic rings. The number of rotatable bonds is 3. The van der Waals surface area contributed by atoms with E-state index in [1.165, 1.54) is 0 Å². The van der Waals surface area contributed by atoms with Crippen LogP contribution in [0.1, 0.15) is 5.56 Å². The molecular weight excluding hydrogens is 272 g/mol. The minimum atomic E-state index is -0.871. The van der Waals surface area contributed by atoms with Crippen LogP contribution in [0.3, 0.4) is 0 Å². The number of thioether (sulfide) groups is 1. The molecule has 0 bridgehead atoms. The van der Waals surface area contributed by atoms with E-state index < -0.39 is 6.23 Å². The molecule has 106 valence electrons. The van der Waals surface area contributed by atoms with Crippen molar-refractivity contribution in [2.24, 2.45) is 0 Å². The van der Waals surface area contributed by atoms with Crippen molar-refractivity contribution in [3.05, 3.63) is 47.6 Å². The van der Waals surface area contributed by atoms with Crippen molar-refractivity contribution in [3.8, 4) is 0 Å². The monoisotopic (exact) mass is 290 g/mol. The highest BCUT2D eigenvalue weighted by atomic mass is 32.2. The molecule has 0 aliphatic carbocycles. The van der Waals surface area contributed by atoms with Gasteiger partial charge in [-0.05, 0) is 23.3 Å². The molecule has 2 rings (SSSR count). The summed E-state index contributed by atoms with van der Waals surface area (Å²) in [5.74, 6) is 0.525. The Labute approximate surface area is 123 Å². The van der Waals surface area contributed by atoms with E-state index in [0.717, 1.165) is 28.6 Å². The Balaban J connectivity index is 2.00. The van der Waals surface area contributed by atoms with Crippen molar-refractivity contribution in [1.82, 2.24) is 5.32 Å². The topological polar surface area (TPSA) is 52.6 Å². The van der Waals surface area contributed by atoms with E-state index in [0.29, 0.717) is 5.75 Å². The van der Waals surface area contributed by atoms with E-state index >= 15 is 0 Å². The fraction of sp³-hybridized carbons (Fsp3) is 0.267. The van der Waals surface area contributed by atoms with Gasteiger partial charge in [-0.25, -0.2) is 0 Å². The number of allylic oxidation sites excluding steroid dienone is 2. The second kappa shape index (κ2) is 6.63. The normalized spacial score (nSPS) is 21.2. The zero-order chi connectivity index (χ0) is 14.5. The van der Waals surface area contributed by atoms with Crippen LogP contribution in [0.4, 0.5) is 10.5 Å². The van der Waals surface area contributed by atoms with Gasteiger partial charge in [0.05, 0.1) is 0 Å². The molecule has 1 aliphatic heterocycles. The van der Waals surface area contributed by atoms with Crippen molar-refractivity contribution in [1.29, 1.82) is 0 Å². The minimum absolute atomic E-state index is 0.182. The minimum Gasteiger partial charge on any atom is -0.378 e. The molecule has 0 saturated carbocycles. The first kappa shape index (κ1) is 14.7. The van der Waals surface area contributed by atoms with E-state index in [1.807, 2.05) is 49.4 Å². The van der Waals surface area contributed by atoms with Gasteiger partial charge in [-0.2, -0.15) is 0 Å². The first-order valence-electron chi connectivity index (χ1n) is 6.32. The number of anilines is 1. The maximum atomic E-state index is 11.0. The molecule has 1 saturated heterocycles. The summed E-state index contributed by atoms with van der Waals surface area (Å²) >= 11 is 1.16. The predicted octanol–water partition coefficient (Wildman–Crippen LogP) is 2.47. The van der Waals surface area contributed by atoms with Crippen LogP contribution in [0, 0.1) is 0 Å². The second-order valence-electron chi connectivity index (χ2n) is 4.71. The number of hydrogen-bond acceptors (Lipinski definition) is 4. The maximum absolute atomic E-state index is 11.0. The van der Waals surface area contributed by atoms with E-state index in [-0.39, 0.29) is 5.24 Å². The third-order valence-electron chi connectivity index (χ3n) is 2.98. The fourth-order valence-corrected chi connectivity index (χ4v) is 2.53. The predicted molar refractivity (Wildman–Crippen MR) is 84.9 cm³/mol. The van der Waals surface area contributed by atoms with E-state index in [9.17, 15) is 9.90 Å². The molecule has 1 atom stereocenters. The lowest BCUT2D eigenvalue weighted by Crippen LogP contribution is -2.38. The third kappa shape index (κ3) is 3.88. The number of carbonyl (C=O) groups is 1. The molecule has 0 aromatic heterocycles. The summed E-state index contributed by atoms with van der Waals surface area (Å²) in [6, 6.07) is 8.19. The molecule has 20 heavy (non-hydrogen) atoms. The first-order valence-corrected chi connectivity index (χ1v) is 7.31. The number of nitrogens with one attached hydrogen (secondary N) is 1. The van der Waals surface area contributed by atoms with E-state index in [1.54, 1.807) is 0 Å². The molecular formula is C15H18N2O2S. The summed E-state index contributed by atoms with van der Waals surface area (Å²) in [5.41, 5.74) is 3.05. The fourth-order valence-electron chi connectivity index (χ4n) is 1.78. The number of benzene rings is 1. The molecule has 1 amide bonds. The van der Waals surface area contributed by atoms with Crippen LogP contribution in [-0.4, -0.2) is 36.4 Å². The standard InChI is InChI=1S/C15H18N2O2S/c1-17(2)13-8-6-11(7-9-13)4-3-5-12-10-20-15(19)16-14(12)18/h3-9,14,18H,10H2,1-2H3,(H,16,19)/b4-3+,12-5+. The Morgan fingerprint density at radius 1 is 1.35 bits per heavy atom. The average Bonchev–Trinajstić information content (AvgIpc) is 2.42. The largest absolute Gasteiger partial charge is 0.378 e. The lowest BCUT2D eigenvalue weighted by atomic mass is 10.1. The molecule has 1 unspecified atom stereocenters. The van der Waals surface area contributed by atoms with Gasteiger partial charge < -0.3 is 15.3 Å². The van der Waals surface area contributed by atoms with Gasteiger partial charge in [0.15, 0.2) is 6.23 Å². The number of hydrogen-bond donors (Lipinski definition) is 2. The zero-order valence-corrected chi connectivity index (χ0v) is 12.4. The van der Waals surface area contributed by atoms with Crippen molar-refractivity contribution in [2.75, 3.05) is 24.7 Å². The van der Waals surface area contributed by atoms with Gasteiger partial charge in [0.1, 0.15) is 0 Å². The Bertz CT molecular complexity index is 535. The second-order valence-corrected chi connectivity index (χ2v) is 5.66. The first-order chi connectivity index (χ1) is 9.56. The average molecular weight is 290 g/mol. The Hall–Kier alpha value is -1.72. The number of nitrogens with zero attached hydrogens (tertiary/aromatic N) is 1. The van der Waals surface area contributed by atoms with Crippen molar-refractivity contribution in [2.45, 2.75) is 6.23 Å². The maximum Gasteiger partial charge on any atom is 0.281 e. The van der Waals surface area contributed by atoms with Crippen molar-refractivity contribution < 1.29 is 9.90 Å². The zero-order valence-electron chi connectivity index (χ0n) is 11.5. The Morgan fingerprint density at radius 2 is 2.05 bits per heavy atom. The highest BCUT2D eigenvalue weighted by Crippen LogP contribution is 2.18. The number of aliphatic hydroxyl groups excluding tert-OH is 1. The smallest absolute Gasteiger partial charge is 0.281 e. The molecule has 1 aromatic carbocycles. The van der Waals surface area contributed by atoms with Crippen LogP contribution in [0.2, 0.25) is 0 Å². The number of amides is 1. The summed E-state index contributed by atoms with van der Waals surface area (Å²) in [4.78, 5) is 13.1. The van der Waals surface area contributed by atoms with Gasteiger partial charge in [-0.1, -0.05) is 42.1 Å². The van der Waals surface area contributed by atoms with Gasteiger partial charge in [0.25, 0.3) is 5.24 Å². The molecule has 5 heteroatoms. The highest BCUT2D eigenvalue weighted by Gasteiger charge is 2.20. The quantitative estimate of drug-likeness (QED) is 0.898. The molecule has 2 N–H and O–H groups in total. The molecule has 0 radical (unpaired) electrons. The van der Waals surface area contributed by atoms with E-state index in [4.69, 9.17) is 0 Å². The van der Waals surface area contributed by atoms with Crippen LogP contribution in [0.5, 0.6) is 0 Å². The van der Waals surface area contributed by atoms with Gasteiger partial charge in [-0.3, -0.25) is 4.79 Å². The molecule has 0 spiro atoms. The van der Waals surface area contributed by atoms with Crippen molar-refractivity contribution >= 4 is 28.8 Å². The van der Waals surface area contributed by atoms with E-state index in [2.05, 4.69) is 17.4 Å². The van der Waals surface area contributed by atoms with Crippen LogP contribution < -0.4 is 10.2 Å². The molecule has 1 aliphatic rings. The number of carbonyl (C=O) groups excluding carboxylic acids is 1. The Morgan fingerprint density at radius 3 is 2.65 bits per heavy atom. The summed E-state index contributed by atoms with van der Waals surface area (Å²) in [5, 5.41) is 12.0. The van der Waals surface area contributed by atoms with Gasteiger partial charge in [-0.15, -0.1) is 0 Å². The van der Waals surface area contributed by atoms with Crippen LogP contribution >= 0.6 is 11.8 Å². The molecule has 1 fully saturated rings. The third-order valence-corrected chi connectivity index (χ3v) is 3.84. The van der Waals surface area contributed by atoms with Gasteiger partial charge in [0.2, 0.25) is 0 Å². The summed E-state index contributed by atoms with van der Waals surface area (Å²) in [7, 11) is 4.01. The SMILES string of the molecule is CN(C)c1ccc(/C=C/C=C2\CSC(=O)NC2O)cc1. The van der Waals surface area contributed by atoms with Gasteiger partial charge >= 0.3 is 0 Å². The van der Waals surface area contributed by atoms with Crippen molar-refractivity contribution in [3.63, 3.8) is 0 Å². The van der Waals surface area contributed by atoms with Crippen LogP contribution in [-0.2, 0) is 0 Å². The highest BCUT2D eigenvalue weighted by molar-refractivity contribution is 8.13. The number of aliphatic hydroxyl groups is 1. The lowest BCUT2D eigenvalue weighted by Gasteiger charge is -2.20. The molecule has 4 nitrogen and oxygen atoms in total. The summed E-state index contributed by atoms with van der Waals surface area (Å²) < 4.78 is 0. The lowest BCUT2D eigenvalue weighted by molar-refractivity contribution is 0.177. The van der Waals surface area contributed by atoms with Crippen LogP contribution in [0.15, 0.2) is 42.0 Å². The summed E-state index contributed by atoms with van der Waals surface area (Å²) in [6.07, 6.45) is 4.84. The summed E-state index contributed by atoms with van der Waals surface area (Å²) in [6.45, 7) is 0. The molecule has 1 heterocycles.